The van der Waals surface area contributed by atoms with Crippen molar-refractivity contribution in [3.05, 3.63) is 0 Å². The van der Waals surface area contributed by atoms with Gasteiger partial charge in [-0.25, -0.2) is 9.59 Å². The van der Waals surface area contributed by atoms with Crippen LogP contribution in [0, 0.1) is 0 Å². The first-order valence-corrected chi connectivity index (χ1v) is 3.21. The maximum Gasteiger partial charge on any atom is 0.372 e. The van der Waals surface area contributed by atoms with Gasteiger partial charge < -0.3 is 20.4 Å². The molecule has 7 nitrogen and oxygen atoms in total. The molecule has 2 atom stereocenters. The van der Waals surface area contributed by atoms with E-state index in [2.05, 4.69) is 0 Å². The molecule has 0 spiro atoms. The van der Waals surface area contributed by atoms with Crippen LogP contribution in [-0.2, 0) is 14.4 Å². The summed E-state index contributed by atoms with van der Waals surface area (Å²) in [5.41, 5.74) is 0. The molecule has 7 heteroatoms. The van der Waals surface area contributed by atoms with Crippen molar-refractivity contribution in [1.29, 1.82) is 0 Å². The van der Waals surface area contributed by atoms with E-state index in [1.807, 2.05) is 0 Å². The number of aliphatic carboxylic acids is 2. The Bertz CT molecular complexity index is 233. The predicted octanol–water partition coefficient (Wildman–Crippen LogP) is -2.16. The molecule has 0 heterocycles. The van der Waals surface area contributed by atoms with Gasteiger partial charge in [0.05, 0.1) is 6.10 Å². The number of carboxylic acid groups (broad SMARTS) is 2. The molecule has 74 valence electrons. The lowest BCUT2D eigenvalue weighted by Crippen LogP contribution is -2.36. The second-order valence-electron chi connectivity index (χ2n) is 2.28. The third-order valence-electron chi connectivity index (χ3n) is 1.25. The minimum absolute atomic E-state index is 0.928. The zero-order chi connectivity index (χ0) is 10.6. The Morgan fingerprint density at radius 2 is 1.54 bits per heavy atom. The topological polar surface area (TPSA) is 132 Å². The molecule has 0 aromatic rings. The van der Waals surface area contributed by atoms with Crippen LogP contribution in [0.1, 0.15) is 6.42 Å². The van der Waals surface area contributed by atoms with Gasteiger partial charge in [-0.05, 0) is 0 Å². The van der Waals surface area contributed by atoms with Crippen LogP contribution in [0.25, 0.3) is 0 Å². The molecule has 13 heavy (non-hydrogen) atoms. The van der Waals surface area contributed by atoms with Crippen LogP contribution in [0.3, 0.4) is 0 Å². The number of carbonyl (C=O) groups is 3. The lowest BCUT2D eigenvalue weighted by molar-refractivity contribution is -0.156. The molecule has 0 aliphatic rings. The van der Waals surface area contributed by atoms with Gasteiger partial charge in [-0.2, -0.15) is 0 Å². The number of carboxylic acids is 2. The van der Waals surface area contributed by atoms with Crippen LogP contribution in [0.15, 0.2) is 0 Å². The Morgan fingerprint density at radius 3 is 1.85 bits per heavy atom. The Hall–Kier alpha value is -1.47. The van der Waals surface area contributed by atoms with Gasteiger partial charge in [-0.3, -0.25) is 4.79 Å². The van der Waals surface area contributed by atoms with Gasteiger partial charge in [-0.1, -0.05) is 0 Å². The van der Waals surface area contributed by atoms with Crippen molar-refractivity contribution >= 4 is 17.7 Å². The van der Waals surface area contributed by atoms with Crippen LogP contribution in [0.2, 0.25) is 0 Å². The summed E-state index contributed by atoms with van der Waals surface area (Å²) in [6.45, 7) is 0. The normalized spacial score (nSPS) is 14.6. The number of hydrogen-bond acceptors (Lipinski definition) is 5. The number of aliphatic hydroxyl groups is 2. The van der Waals surface area contributed by atoms with Crippen molar-refractivity contribution in [3.63, 3.8) is 0 Å². The van der Waals surface area contributed by atoms with Crippen LogP contribution in [0.5, 0.6) is 0 Å². The molecule has 4 N–H and O–H groups in total. The summed E-state index contributed by atoms with van der Waals surface area (Å²) in [5.74, 6) is -4.85. The molecule has 0 rings (SSSR count). The molecule has 0 saturated heterocycles. The Morgan fingerprint density at radius 1 is 1.08 bits per heavy atom. The summed E-state index contributed by atoms with van der Waals surface area (Å²) in [6.07, 6.45) is -4.98. The fourth-order valence-corrected chi connectivity index (χ4v) is 0.553. The SMILES string of the molecule is O=C(O)C(=O)C[C@H](O)[C@H](O)C(=O)O. The molecule has 0 fully saturated rings. The molecule has 0 saturated carbocycles. The van der Waals surface area contributed by atoms with E-state index >= 15 is 0 Å². The van der Waals surface area contributed by atoms with Crippen molar-refractivity contribution in [2.24, 2.45) is 0 Å². The van der Waals surface area contributed by atoms with Gasteiger partial charge in [0.1, 0.15) is 0 Å². The lowest BCUT2D eigenvalue weighted by Gasteiger charge is -2.11. The Kier molecular flexibility index (Phi) is 4.02. The zero-order valence-electron chi connectivity index (χ0n) is 6.38. The van der Waals surface area contributed by atoms with E-state index in [0.29, 0.717) is 0 Å². The maximum atomic E-state index is 10.4. The maximum absolute atomic E-state index is 10.4. The first-order chi connectivity index (χ1) is 5.86. The zero-order valence-corrected chi connectivity index (χ0v) is 6.38. The second kappa shape index (κ2) is 4.53. The summed E-state index contributed by atoms with van der Waals surface area (Å²) >= 11 is 0. The van der Waals surface area contributed by atoms with Gasteiger partial charge in [0.15, 0.2) is 6.10 Å². The minimum atomic E-state index is -2.15. The van der Waals surface area contributed by atoms with Crippen LogP contribution >= 0.6 is 0 Å². The fourth-order valence-electron chi connectivity index (χ4n) is 0.553. The number of carbonyl (C=O) groups excluding carboxylic acids is 1. The van der Waals surface area contributed by atoms with Crippen molar-refractivity contribution in [1.82, 2.24) is 0 Å². The highest BCUT2D eigenvalue weighted by Gasteiger charge is 2.27. The summed E-state index contributed by atoms with van der Waals surface area (Å²) in [4.78, 5) is 30.4. The number of Topliss-reactive ketones (excluding diaryl/α,β-unsaturated/α-hetero) is 1. The average Bonchev–Trinajstić information content (AvgIpc) is 2.02. The van der Waals surface area contributed by atoms with E-state index in [0.717, 1.165) is 0 Å². The molecule has 0 amide bonds. The average molecular weight is 192 g/mol. The quantitative estimate of drug-likeness (QED) is 0.364. The van der Waals surface area contributed by atoms with Gasteiger partial charge in [0, 0.05) is 6.42 Å². The molecular formula is C6H8O7. The first-order valence-electron chi connectivity index (χ1n) is 3.21. The molecule has 0 aromatic heterocycles. The van der Waals surface area contributed by atoms with E-state index in [4.69, 9.17) is 20.4 Å². The number of aliphatic hydroxyl groups excluding tert-OH is 2. The molecule has 0 bridgehead atoms. The highest BCUT2D eigenvalue weighted by Crippen LogP contribution is 2.00. The number of ketones is 1. The van der Waals surface area contributed by atoms with Crippen molar-refractivity contribution in [2.75, 3.05) is 0 Å². The minimum Gasteiger partial charge on any atom is -0.479 e. The Labute approximate surface area is 72.2 Å². The Balaban J connectivity index is 4.15. The third kappa shape index (κ3) is 3.63. The van der Waals surface area contributed by atoms with Crippen molar-refractivity contribution in [3.8, 4) is 0 Å². The van der Waals surface area contributed by atoms with Gasteiger partial charge in [0.25, 0.3) is 0 Å². The fraction of sp³-hybridized carbons (Fsp3) is 0.500. The van der Waals surface area contributed by atoms with E-state index in [-0.39, 0.29) is 0 Å². The van der Waals surface area contributed by atoms with Gasteiger partial charge in [0.2, 0.25) is 5.78 Å². The van der Waals surface area contributed by atoms with E-state index in [1.165, 1.54) is 0 Å². The van der Waals surface area contributed by atoms with Crippen molar-refractivity contribution in [2.45, 2.75) is 18.6 Å². The number of rotatable bonds is 5. The van der Waals surface area contributed by atoms with E-state index in [9.17, 15) is 14.4 Å². The second-order valence-corrected chi connectivity index (χ2v) is 2.28. The highest BCUT2D eigenvalue weighted by atomic mass is 16.4. The molecule has 0 aliphatic carbocycles. The van der Waals surface area contributed by atoms with Gasteiger partial charge >= 0.3 is 11.9 Å². The molecule has 0 aromatic carbocycles. The molecule has 0 radical (unpaired) electrons. The predicted molar refractivity (Wildman–Crippen MR) is 36.9 cm³/mol. The summed E-state index contributed by atoms with van der Waals surface area (Å²) in [6, 6.07) is 0. The van der Waals surface area contributed by atoms with Crippen molar-refractivity contribution < 1.29 is 34.8 Å². The summed E-state index contributed by atoms with van der Waals surface area (Å²) in [5, 5.41) is 33.6. The molecule has 0 aliphatic heterocycles. The third-order valence-corrected chi connectivity index (χ3v) is 1.25. The standard InChI is InChI=1S/C6H8O7/c7-2(4(9)6(12)13)1-3(8)5(10)11/h2,4,7,9H,1H2,(H,10,11)(H,12,13)/t2-,4-/m0/s1. The monoisotopic (exact) mass is 192 g/mol. The van der Waals surface area contributed by atoms with E-state index in [1.54, 1.807) is 0 Å². The first kappa shape index (κ1) is 11.5. The van der Waals surface area contributed by atoms with Crippen LogP contribution in [0.4, 0.5) is 0 Å². The van der Waals surface area contributed by atoms with Gasteiger partial charge in [-0.15, -0.1) is 0 Å². The van der Waals surface area contributed by atoms with Crippen LogP contribution < -0.4 is 0 Å². The summed E-state index contributed by atoms with van der Waals surface area (Å²) in [7, 11) is 0. The summed E-state index contributed by atoms with van der Waals surface area (Å²) < 4.78 is 0. The molecule has 0 unspecified atom stereocenters. The van der Waals surface area contributed by atoms with E-state index < -0.39 is 36.4 Å². The van der Waals surface area contributed by atoms with Crippen LogP contribution in [-0.4, -0.2) is 50.4 Å². The number of hydrogen-bond donors (Lipinski definition) is 4. The smallest absolute Gasteiger partial charge is 0.372 e. The largest absolute Gasteiger partial charge is 0.479 e. The lowest BCUT2D eigenvalue weighted by atomic mass is 10.1. The molecular weight excluding hydrogens is 184 g/mol. The highest BCUT2D eigenvalue weighted by molar-refractivity contribution is 6.32.